The number of hydrogen-bond acceptors (Lipinski definition) is 6. The fourth-order valence-electron chi connectivity index (χ4n) is 1.63. The average molecular weight is 251 g/mol. The summed E-state index contributed by atoms with van der Waals surface area (Å²) in [5, 5.41) is 2.91. The van der Waals surface area contributed by atoms with Gasteiger partial charge in [0.15, 0.2) is 5.82 Å². The number of carbonyl (C=O) groups is 1. The maximum absolute atomic E-state index is 11.7. The number of anilines is 2. The number of likely N-dealkylation sites (N-methyl/N-ethyl adjacent to an activating group) is 1. The number of nitrogens with one attached hydrogen (secondary N) is 1. The highest BCUT2D eigenvalue weighted by atomic mass is 16.5. The summed E-state index contributed by atoms with van der Waals surface area (Å²) >= 11 is 0. The second-order valence-corrected chi connectivity index (χ2v) is 4.32. The number of nitrogens with two attached hydrogens (primary N) is 1. The smallest absolute Gasteiger partial charge is 0.242 e. The zero-order chi connectivity index (χ0) is 13.1. The third kappa shape index (κ3) is 2.79. The Kier molecular flexibility index (Phi) is 3.50. The molecule has 0 saturated heterocycles. The summed E-state index contributed by atoms with van der Waals surface area (Å²) < 4.78 is 5.01. The standard InChI is InChI=1S/C11H17N5O2/c1-16(5-8(17)15-7-3-4-7)10-9(12)11(18-2)14-6-13-10/h6-7H,3-5,12H2,1-2H3,(H,15,17). The van der Waals surface area contributed by atoms with Crippen LogP contribution in [-0.2, 0) is 4.79 Å². The zero-order valence-corrected chi connectivity index (χ0v) is 10.5. The Bertz CT molecular complexity index is 447. The van der Waals surface area contributed by atoms with Gasteiger partial charge in [-0.05, 0) is 12.8 Å². The molecule has 0 spiro atoms. The van der Waals surface area contributed by atoms with Gasteiger partial charge < -0.3 is 20.7 Å². The molecule has 1 heterocycles. The predicted molar refractivity (Wildman–Crippen MR) is 67.4 cm³/mol. The van der Waals surface area contributed by atoms with E-state index in [0.29, 0.717) is 23.4 Å². The van der Waals surface area contributed by atoms with Crippen molar-refractivity contribution in [1.82, 2.24) is 15.3 Å². The van der Waals surface area contributed by atoms with Crippen LogP contribution in [-0.4, -0.2) is 42.6 Å². The molecule has 0 unspecified atom stereocenters. The number of hydrogen-bond donors (Lipinski definition) is 2. The van der Waals surface area contributed by atoms with E-state index in [1.165, 1.54) is 13.4 Å². The van der Waals surface area contributed by atoms with Gasteiger partial charge >= 0.3 is 0 Å². The van der Waals surface area contributed by atoms with Crippen molar-refractivity contribution in [3.8, 4) is 5.88 Å². The van der Waals surface area contributed by atoms with Crippen LogP contribution in [0.1, 0.15) is 12.8 Å². The summed E-state index contributed by atoms with van der Waals surface area (Å²) in [6.07, 6.45) is 3.50. The summed E-state index contributed by atoms with van der Waals surface area (Å²) in [6, 6.07) is 0.350. The van der Waals surface area contributed by atoms with E-state index in [1.807, 2.05) is 0 Å². The minimum Gasteiger partial charge on any atom is -0.479 e. The number of rotatable bonds is 5. The Morgan fingerprint density at radius 1 is 1.61 bits per heavy atom. The van der Waals surface area contributed by atoms with Gasteiger partial charge in [0.05, 0.1) is 13.7 Å². The van der Waals surface area contributed by atoms with Crippen molar-refractivity contribution in [2.24, 2.45) is 0 Å². The molecule has 1 aromatic rings. The van der Waals surface area contributed by atoms with Crippen LogP contribution in [0.2, 0.25) is 0 Å². The largest absolute Gasteiger partial charge is 0.479 e. The number of methoxy groups -OCH3 is 1. The molecule has 0 aliphatic heterocycles. The van der Waals surface area contributed by atoms with Crippen molar-refractivity contribution < 1.29 is 9.53 Å². The van der Waals surface area contributed by atoms with E-state index >= 15 is 0 Å². The molecule has 1 aliphatic carbocycles. The summed E-state index contributed by atoms with van der Waals surface area (Å²) in [5.41, 5.74) is 6.20. The first-order valence-electron chi connectivity index (χ1n) is 5.76. The molecule has 7 nitrogen and oxygen atoms in total. The van der Waals surface area contributed by atoms with Crippen molar-refractivity contribution in [1.29, 1.82) is 0 Å². The summed E-state index contributed by atoms with van der Waals surface area (Å²) in [5.74, 6) is 0.777. The second-order valence-electron chi connectivity index (χ2n) is 4.32. The Hall–Kier alpha value is -2.05. The topological polar surface area (TPSA) is 93.4 Å². The molecule has 0 bridgehead atoms. The molecule has 1 amide bonds. The molecule has 1 aromatic heterocycles. The predicted octanol–water partition coefficient (Wildman–Crippen LogP) is -0.218. The lowest BCUT2D eigenvalue weighted by molar-refractivity contribution is -0.119. The average Bonchev–Trinajstić information content (AvgIpc) is 3.12. The molecule has 0 radical (unpaired) electrons. The minimum atomic E-state index is -0.0306. The van der Waals surface area contributed by atoms with Crippen LogP contribution in [0, 0.1) is 0 Å². The van der Waals surface area contributed by atoms with E-state index in [1.54, 1.807) is 11.9 Å². The maximum atomic E-state index is 11.7. The Morgan fingerprint density at radius 3 is 2.94 bits per heavy atom. The van der Waals surface area contributed by atoms with Gasteiger partial charge in [-0.25, -0.2) is 4.98 Å². The third-order valence-corrected chi connectivity index (χ3v) is 2.70. The van der Waals surface area contributed by atoms with Crippen LogP contribution in [0.25, 0.3) is 0 Å². The van der Waals surface area contributed by atoms with Crippen molar-refractivity contribution in [2.45, 2.75) is 18.9 Å². The molecule has 18 heavy (non-hydrogen) atoms. The maximum Gasteiger partial charge on any atom is 0.242 e. The lowest BCUT2D eigenvalue weighted by atomic mass is 10.4. The number of ether oxygens (including phenoxy) is 1. The van der Waals surface area contributed by atoms with E-state index < -0.39 is 0 Å². The molecule has 98 valence electrons. The first kappa shape index (κ1) is 12.4. The van der Waals surface area contributed by atoms with Crippen LogP contribution < -0.4 is 20.7 Å². The van der Waals surface area contributed by atoms with E-state index in [2.05, 4.69) is 15.3 Å². The number of nitrogen functional groups attached to an aromatic ring is 1. The van der Waals surface area contributed by atoms with Crippen LogP contribution in [0.5, 0.6) is 5.88 Å². The lowest BCUT2D eigenvalue weighted by Crippen LogP contribution is -2.36. The zero-order valence-electron chi connectivity index (χ0n) is 10.5. The van der Waals surface area contributed by atoms with E-state index in [0.717, 1.165) is 12.8 Å². The highest BCUT2D eigenvalue weighted by Crippen LogP contribution is 2.26. The molecule has 7 heteroatoms. The first-order chi connectivity index (χ1) is 8.61. The monoisotopic (exact) mass is 251 g/mol. The molecule has 0 atom stereocenters. The Morgan fingerprint density at radius 2 is 2.33 bits per heavy atom. The van der Waals surface area contributed by atoms with Crippen LogP contribution in [0.4, 0.5) is 11.5 Å². The third-order valence-electron chi connectivity index (χ3n) is 2.70. The summed E-state index contributed by atoms with van der Waals surface area (Å²) in [6.45, 7) is 0.209. The fraction of sp³-hybridized carbons (Fsp3) is 0.545. The molecule has 3 N–H and O–H groups in total. The van der Waals surface area contributed by atoms with Crippen molar-refractivity contribution >= 4 is 17.4 Å². The van der Waals surface area contributed by atoms with Crippen molar-refractivity contribution in [3.05, 3.63) is 6.33 Å². The Labute approximate surface area is 105 Å². The minimum absolute atomic E-state index is 0.0306. The van der Waals surface area contributed by atoms with E-state index in [-0.39, 0.29) is 12.5 Å². The van der Waals surface area contributed by atoms with Gasteiger partial charge in [-0.3, -0.25) is 4.79 Å². The van der Waals surface area contributed by atoms with Gasteiger partial charge in [-0.2, -0.15) is 4.98 Å². The highest BCUT2D eigenvalue weighted by Gasteiger charge is 2.24. The highest BCUT2D eigenvalue weighted by molar-refractivity contribution is 5.83. The molecule has 2 rings (SSSR count). The van der Waals surface area contributed by atoms with Gasteiger partial charge in [0.1, 0.15) is 12.0 Å². The normalized spacial score (nSPS) is 14.1. The number of nitrogens with zero attached hydrogens (tertiary/aromatic N) is 3. The van der Waals surface area contributed by atoms with Gasteiger partial charge in [-0.1, -0.05) is 0 Å². The van der Waals surface area contributed by atoms with Gasteiger partial charge in [0, 0.05) is 13.1 Å². The van der Waals surface area contributed by atoms with Crippen molar-refractivity contribution in [2.75, 3.05) is 31.3 Å². The van der Waals surface area contributed by atoms with Crippen molar-refractivity contribution in [3.63, 3.8) is 0 Å². The SMILES string of the molecule is COc1ncnc(N(C)CC(=O)NC2CC2)c1N. The van der Waals surface area contributed by atoms with E-state index in [4.69, 9.17) is 10.5 Å². The summed E-state index contributed by atoms with van der Waals surface area (Å²) in [4.78, 5) is 21.3. The van der Waals surface area contributed by atoms with Gasteiger partial charge in [0.25, 0.3) is 0 Å². The van der Waals surface area contributed by atoms with Gasteiger partial charge in [-0.15, -0.1) is 0 Å². The molecule has 1 aliphatic rings. The Balaban J connectivity index is 2.03. The van der Waals surface area contributed by atoms with Crippen LogP contribution in [0.3, 0.4) is 0 Å². The first-order valence-corrected chi connectivity index (χ1v) is 5.76. The van der Waals surface area contributed by atoms with E-state index in [9.17, 15) is 4.79 Å². The number of carbonyl (C=O) groups excluding carboxylic acids is 1. The summed E-state index contributed by atoms with van der Waals surface area (Å²) in [7, 11) is 3.24. The van der Waals surface area contributed by atoms with Crippen LogP contribution >= 0.6 is 0 Å². The van der Waals surface area contributed by atoms with Gasteiger partial charge in [0.2, 0.25) is 11.8 Å². The molecular formula is C11H17N5O2. The quantitative estimate of drug-likeness (QED) is 0.751. The molecule has 1 saturated carbocycles. The molecular weight excluding hydrogens is 234 g/mol. The number of aromatic nitrogens is 2. The fourth-order valence-corrected chi connectivity index (χ4v) is 1.63. The second kappa shape index (κ2) is 5.07. The molecule has 0 aromatic carbocycles. The van der Waals surface area contributed by atoms with Crippen LogP contribution in [0.15, 0.2) is 6.33 Å². The number of amides is 1. The lowest BCUT2D eigenvalue weighted by Gasteiger charge is -2.19. The molecule has 1 fully saturated rings.